The molecule has 1 aliphatic heterocycles. The van der Waals surface area contributed by atoms with Gasteiger partial charge in [-0.05, 0) is 31.0 Å². The predicted octanol–water partition coefficient (Wildman–Crippen LogP) is 2.34. The molecule has 0 unspecified atom stereocenters. The maximum absolute atomic E-state index is 11.6. The van der Waals surface area contributed by atoms with Crippen LogP contribution >= 0.6 is 0 Å². The highest BCUT2D eigenvalue weighted by atomic mass is 16.2. The zero-order valence-electron chi connectivity index (χ0n) is 12.6. The van der Waals surface area contributed by atoms with Gasteiger partial charge in [0.15, 0.2) is 0 Å². The number of pyridine rings is 1. The summed E-state index contributed by atoms with van der Waals surface area (Å²) in [5, 5.41) is 3.10. The van der Waals surface area contributed by atoms with E-state index in [2.05, 4.69) is 20.3 Å². The molecule has 6 heteroatoms. The third-order valence-corrected chi connectivity index (χ3v) is 3.87. The molecule has 3 rings (SSSR count). The lowest BCUT2D eigenvalue weighted by molar-refractivity contribution is -0.130. The van der Waals surface area contributed by atoms with Gasteiger partial charge in [0.05, 0.1) is 5.69 Å². The minimum absolute atomic E-state index is 0.130. The number of hydrogen-bond donors (Lipinski definition) is 1. The maximum Gasteiger partial charge on any atom is 0.228 e. The minimum atomic E-state index is 0.130. The highest BCUT2D eigenvalue weighted by Gasteiger charge is 2.24. The summed E-state index contributed by atoms with van der Waals surface area (Å²) in [6.07, 6.45) is 5.53. The van der Waals surface area contributed by atoms with E-state index < -0.39 is 0 Å². The first-order chi connectivity index (χ1) is 10.7. The summed E-state index contributed by atoms with van der Waals surface area (Å²) in [6.45, 7) is 3.20. The Morgan fingerprint density at radius 1 is 1.27 bits per heavy atom. The van der Waals surface area contributed by atoms with E-state index in [1.54, 1.807) is 19.3 Å². The largest absolute Gasteiger partial charge is 0.342 e. The van der Waals surface area contributed by atoms with E-state index in [1.165, 1.54) is 0 Å². The van der Waals surface area contributed by atoms with E-state index in [4.69, 9.17) is 0 Å². The Morgan fingerprint density at radius 2 is 2.18 bits per heavy atom. The number of amides is 1. The van der Waals surface area contributed by atoms with Gasteiger partial charge in [-0.15, -0.1) is 0 Å². The molecule has 0 aromatic carbocycles. The molecule has 6 nitrogen and oxygen atoms in total. The molecule has 1 atom stereocenters. The Labute approximate surface area is 129 Å². The monoisotopic (exact) mass is 297 g/mol. The highest BCUT2D eigenvalue weighted by Crippen LogP contribution is 2.26. The zero-order valence-corrected chi connectivity index (χ0v) is 12.6. The van der Waals surface area contributed by atoms with Crippen LogP contribution in [-0.2, 0) is 4.79 Å². The van der Waals surface area contributed by atoms with E-state index in [9.17, 15) is 4.79 Å². The lowest BCUT2D eigenvalue weighted by Crippen LogP contribution is -2.37. The molecule has 0 saturated carbocycles. The number of nitrogens with one attached hydrogen (secondary N) is 1. The molecule has 114 valence electrons. The van der Waals surface area contributed by atoms with Crippen LogP contribution in [0.15, 0.2) is 36.7 Å². The molecular formula is C16H19N5O. The van der Waals surface area contributed by atoms with Crippen LogP contribution in [0.5, 0.6) is 0 Å². The van der Waals surface area contributed by atoms with Gasteiger partial charge >= 0.3 is 0 Å². The zero-order chi connectivity index (χ0) is 15.4. The van der Waals surface area contributed by atoms with Crippen LogP contribution in [0.4, 0.5) is 11.8 Å². The predicted molar refractivity (Wildman–Crippen MR) is 83.8 cm³/mol. The van der Waals surface area contributed by atoms with Crippen LogP contribution in [-0.4, -0.2) is 38.8 Å². The third kappa shape index (κ3) is 3.39. The number of carbonyl (C=O) groups excluding carboxylic acids is 1. The second-order valence-electron chi connectivity index (χ2n) is 5.45. The van der Waals surface area contributed by atoms with Crippen LogP contribution in [0.1, 0.15) is 31.4 Å². The number of carbonyl (C=O) groups is 1. The van der Waals surface area contributed by atoms with E-state index >= 15 is 0 Å². The van der Waals surface area contributed by atoms with Gasteiger partial charge in [-0.2, -0.15) is 0 Å². The molecule has 0 bridgehead atoms. The van der Waals surface area contributed by atoms with Crippen molar-refractivity contribution < 1.29 is 4.79 Å². The van der Waals surface area contributed by atoms with Gasteiger partial charge in [-0.3, -0.25) is 4.79 Å². The third-order valence-electron chi connectivity index (χ3n) is 3.87. The Kier molecular flexibility index (Phi) is 4.27. The van der Waals surface area contributed by atoms with Gasteiger partial charge in [-0.1, -0.05) is 6.07 Å². The smallest absolute Gasteiger partial charge is 0.228 e. The Morgan fingerprint density at radius 3 is 2.95 bits per heavy atom. The molecule has 1 amide bonds. The summed E-state index contributed by atoms with van der Waals surface area (Å²) in [4.78, 5) is 26.5. The topological polar surface area (TPSA) is 71.0 Å². The molecule has 3 heterocycles. The van der Waals surface area contributed by atoms with Crippen molar-refractivity contribution in [3.8, 4) is 0 Å². The van der Waals surface area contributed by atoms with Crippen molar-refractivity contribution >= 4 is 17.7 Å². The first kappa shape index (κ1) is 14.4. The molecule has 1 aliphatic rings. The number of anilines is 2. The molecule has 1 N–H and O–H groups in total. The van der Waals surface area contributed by atoms with Crippen LogP contribution in [0.3, 0.4) is 0 Å². The fourth-order valence-corrected chi connectivity index (χ4v) is 2.72. The van der Waals surface area contributed by atoms with Crippen LogP contribution < -0.4 is 5.32 Å². The van der Waals surface area contributed by atoms with Crippen molar-refractivity contribution in [2.75, 3.05) is 18.4 Å². The summed E-state index contributed by atoms with van der Waals surface area (Å²) < 4.78 is 0. The quantitative estimate of drug-likeness (QED) is 0.941. The number of likely N-dealkylation sites (tertiary alicyclic amines) is 1. The van der Waals surface area contributed by atoms with Gasteiger partial charge < -0.3 is 10.2 Å². The van der Waals surface area contributed by atoms with Gasteiger partial charge in [0, 0.05) is 38.3 Å². The Bertz CT molecular complexity index is 646. The molecule has 2 aromatic rings. The second kappa shape index (κ2) is 6.51. The number of hydrogen-bond acceptors (Lipinski definition) is 5. The number of aromatic nitrogens is 3. The molecule has 22 heavy (non-hydrogen) atoms. The van der Waals surface area contributed by atoms with Crippen molar-refractivity contribution in [3.63, 3.8) is 0 Å². The number of nitrogens with zero attached hydrogens (tertiary/aromatic N) is 4. The minimum Gasteiger partial charge on any atom is -0.342 e. The molecule has 2 aromatic heterocycles. The highest BCUT2D eigenvalue weighted by molar-refractivity contribution is 5.73. The molecule has 1 saturated heterocycles. The van der Waals surface area contributed by atoms with E-state index in [0.29, 0.717) is 11.8 Å². The summed E-state index contributed by atoms with van der Waals surface area (Å²) >= 11 is 0. The SMILES string of the molecule is CC(=O)N1CCC[C@H](c2ccnc(Nc3ccccn3)n2)C1. The average Bonchev–Trinajstić information content (AvgIpc) is 2.56. The van der Waals surface area contributed by atoms with E-state index in [0.717, 1.165) is 31.6 Å². The fourth-order valence-electron chi connectivity index (χ4n) is 2.72. The molecule has 1 fully saturated rings. The van der Waals surface area contributed by atoms with Gasteiger partial charge in [0.2, 0.25) is 11.9 Å². The molecular weight excluding hydrogens is 278 g/mol. The van der Waals surface area contributed by atoms with E-state index in [1.807, 2.05) is 29.2 Å². The van der Waals surface area contributed by atoms with Gasteiger partial charge in [-0.25, -0.2) is 15.0 Å². The van der Waals surface area contributed by atoms with Crippen molar-refractivity contribution in [2.24, 2.45) is 0 Å². The first-order valence-electron chi connectivity index (χ1n) is 7.49. The molecule has 0 aliphatic carbocycles. The Hall–Kier alpha value is -2.50. The summed E-state index contributed by atoms with van der Waals surface area (Å²) in [5.41, 5.74) is 0.972. The van der Waals surface area contributed by atoms with Gasteiger partial charge in [0.1, 0.15) is 5.82 Å². The van der Waals surface area contributed by atoms with Crippen molar-refractivity contribution in [1.29, 1.82) is 0 Å². The second-order valence-corrected chi connectivity index (χ2v) is 5.45. The Balaban J connectivity index is 1.75. The van der Waals surface area contributed by atoms with Crippen molar-refractivity contribution in [2.45, 2.75) is 25.7 Å². The lowest BCUT2D eigenvalue weighted by Gasteiger charge is -2.31. The lowest BCUT2D eigenvalue weighted by atomic mass is 9.94. The fraction of sp³-hybridized carbons (Fsp3) is 0.375. The van der Waals surface area contributed by atoms with Crippen molar-refractivity contribution in [1.82, 2.24) is 19.9 Å². The average molecular weight is 297 g/mol. The van der Waals surface area contributed by atoms with Gasteiger partial charge in [0.25, 0.3) is 0 Å². The number of rotatable bonds is 3. The summed E-state index contributed by atoms with van der Waals surface area (Å²) in [7, 11) is 0. The first-order valence-corrected chi connectivity index (χ1v) is 7.49. The molecule has 0 spiro atoms. The summed E-state index contributed by atoms with van der Waals surface area (Å²) in [5.74, 6) is 1.65. The molecule has 0 radical (unpaired) electrons. The van der Waals surface area contributed by atoms with Crippen LogP contribution in [0, 0.1) is 0 Å². The standard InChI is InChI=1S/C16H19N5O/c1-12(22)21-10-4-5-13(11-21)14-7-9-18-16(19-14)20-15-6-2-3-8-17-15/h2-3,6-9,13H,4-5,10-11H2,1H3,(H,17,18,19,20)/t13-/m0/s1. The normalized spacial score (nSPS) is 18.0. The number of piperidine rings is 1. The van der Waals surface area contributed by atoms with Crippen molar-refractivity contribution in [3.05, 3.63) is 42.4 Å². The maximum atomic E-state index is 11.6. The summed E-state index contributed by atoms with van der Waals surface area (Å²) in [6, 6.07) is 7.57. The van der Waals surface area contributed by atoms with E-state index in [-0.39, 0.29) is 11.8 Å². The van der Waals surface area contributed by atoms with Crippen LogP contribution in [0.25, 0.3) is 0 Å². The van der Waals surface area contributed by atoms with Crippen LogP contribution in [0.2, 0.25) is 0 Å².